The number of nitrogens with one attached hydrogen (secondary N) is 2. The van der Waals surface area contributed by atoms with E-state index in [9.17, 15) is 41.9 Å². The average Bonchev–Trinajstić information content (AvgIpc) is 3.35. The summed E-state index contributed by atoms with van der Waals surface area (Å²) in [6, 6.07) is 7.69. The summed E-state index contributed by atoms with van der Waals surface area (Å²) in [4.78, 5) is 26.6. The molecule has 0 saturated heterocycles. The molecule has 3 N–H and O–H groups in total. The Balaban J connectivity index is 1.59. The number of alkyl halides is 3. The summed E-state index contributed by atoms with van der Waals surface area (Å²) in [7, 11) is 0. The predicted octanol–water partition coefficient (Wildman–Crippen LogP) is 5.12. The van der Waals surface area contributed by atoms with Gasteiger partial charge in [-0.05, 0) is 48.5 Å². The molecule has 13 heteroatoms. The molecule has 0 spiro atoms. The molecule has 7 nitrogen and oxygen atoms in total. The highest BCUT2D eigenvalue weighted by atomic mass is 35.5. The largest absolute Gasteiger partial charge is 0.423 e. The van der Waals surface area contributed by atoms with Gasteiger partial charge in [-0.2, -0.15) is 18.4 Å². The quantitative estimate of drug-likeness (QED) is 0.386. The maximum Gasteiger partial charge on any atom is 0.423 e. The van der Waals surface area contributed by atoms with E-state index in [1.54, 1.807) is 0 Å². The summed E-state index contributed by atoms with van der Waals surface area (Å²) in [5, 5.41) is 25.0. The fourth-order valence-corrected chi connectivity index (χ4v) is 4.88. The number of amides is 3. The Hall–Kier alpha value is -4.21. The number of aliphatic hydroxyl groups is 1. The molecule has 0 saturated carbocycles. The minimum Gasteiger partial charge on any atom is -0.375 e. The topological polar surface area (TPSA) is 105 Å². The van der Waals surface area contributed by atoms with Gasteiger partial charge in [0, 0.05) is 27.3 Å². The maximum absolute atomic E-state index is 14.0. The lowest BCUT2D eigenvalue weighted by molar-refractivity contribution is -0.258. The van der Waals surface area contributed by atoms with Crippen molar-refractivity contribution < 1.29 is 36.6 Å². The first-order valence-electron chi connectivity index (χ1n) is 10.9. The summed E-state index contributed by atoms with van der Waals surface area (Å²) in [5.74, 6) is -2.38. The van der Waals surface area contributed by atoms with Crippen LogP contribution in [0.2, 0.25) is 5.02 Å². The van der Waals surface area contributed by atoms with Crippen LogP contribution < -0.4 is 15.5 Å². The Bertz CT molecular complexity index is 1570. The van der Waals surface area contributed by atoms with Crippen molar-refractivity contribution in [3.05, 3.63) is 93.0 Å². The number of benzene rings is 3. The fourth-order valence-electron chi connectivity index (χ4n) is 4.65. The molecular formula is C25H14ClF5N4O3. The molecule has 3 amide bonds. The van der Waals surface area contributed by atoms with Gasteiger partial charge in [-0.15, -0.1) is 0 Å². The summed E-state index contributed by atoms with van der Waals surface area (Å²) < 4.78 is 69.2. The van der Waals surface area contributed by atoms with Gasteiger partial charge >= 0.3 is 12.2 Å². The number of anilines is 2. The average molecular weight is 549 g/mol. The molecule has 2 heterocycles. The number of fused-ring (bicyclic) bond motifs is 2. The summed E-state index contributed by atoms with van der Waals surface area (Å²) in [6.07, 6.45) is -5.25. The number of hydrogen-bond donors (Lipinski definition) is 3. The van der Waals surface area contributed by atoms with Crippen LogP contribution in [0, 0.1) is 23.0 Å². The van der Waals surface area contributed by atoms with Crippen LogP contribution in [-0.4, -0.2) is 29.8 Å². The second kappa shape index (κ2) is 8.68. The van der Waals surface area contributed by atoms with Crippen LogP contribution in [0.15, 0.2) is 48.5 Å². The van der Waals surface area contributed by atoms with Gasteiger partial charge < -0.3 is 15.7 Å². The molecule has 0 bridgehead atoms. The number of β-amino-alcohol motifs (C(OH)–C–C–N with tert-alkyl or cyclic N) is 1. The maximum atomic E-state index is 14.0. The van der Waals surface area contributed by atoms with E-state index in [4.69, 9.17) is 11.6 Å². The normalized spacial score (nSPS) is 20.0. The summed E-state index contributed by atoms with van der Waals surface area (Å²) >= 11 is 6.22. The number of nitrogens with zero attached hydrogens (tertiary/aromatic N) is 2. The lowest BCUT2D eigenvalue weighted by Crippen LogP contribution is -2.48. The van der Waals surface area contributed by atoms with Gasteiger partial charge in [-0.3, -0.25) is 9.69 Å². The fraction of sp³-hybridized carbons (Fsp3) is 0.160. The first-order chi connectivity index (χ1) is 17.8. The summed E-state index contributed by atoms with van der Waals surface area (Å²) in [5.41, 5.74) is -4.80. The predicted molar refractivity (Wildman–Crippen MR) is 125 cm³/mol. The highest BCUT2D eigenvalue weighted by Gasteiger charge is 2.61. The lowest BCUT2D eigenvalue weighted by Gasteiger charge is -2.27. The van der Waals surface area contributed by atoms with Crippen LogP contribution in [0.4, 0.5) is 38.1 Å². The van der Waals surface area contributed by atoms with Crippen molar-refractivity contribution in [2.45, 2.75) is 17.8 Å². The molecule has 3 aromatic rings. The van der Waals surface area contributed by atoms with Crippen molar-refractivity contribution >= 4 is 34.9 Å². The van der Waals surface area contributed by atoms with Crippen LogP contribution in [-0.2, 0) is 5.60 Å². The van der Waals surface area contributed by atoms with Crippen LogP contribution in [0.3, 0.4) is 0 Å². The third-order valence-electron chi connectivity index (χ3n) is 6.42. The monoisotopic (exact) mass is 548 g/mol. The summed E-state index contributed by atoms with van der Waals surface area (Å²) in [6.45, 7) is -1.28. The minimum atomic E-state index is -5.25. The number of carbonyl (C=O) groups is 2. The van der Waals surface area contributed by atoms with E-state index in [2.05, 4.69) is 10.6 Å². The first kappa shape index (κ1) is 25.4. The molecule has 0 aromatic heterocycles. The molecule has 38 heavy (non-hydrogen) atoms. The van der Waals surface area contributed by atoms with Crippen molar-refractivity contribution in [1.29, 1.82) is 5.26 Å². The van der Waals surface area contributed by atoms with Gasteiger partial charge in [0.2, 0.25) is 5.60 Å². The van der Waals surface area contributed by atoms with E-state index in [1.807, 2.05) is 6.07 Å². The van der Waals surface area contributed by atoms with Crippen LogP contribution in [0.5, 0.6) is 0 Å². The number of halogens is 6. The van der Waals surface area contributed by atoms with Gasteiger partial charge in [0.1, 0.15) is 11.6 Å². The van der Waals surface area contributed by atoms with E-state index < -0.39 is 59.2 Å². The van der Waals surface area contributed by atoms with Gasteiger partial charge in [-0.1, -0.05) is 11.6 Å². The third-order valence-corrected chi connectivity index (χ3v) is 6.77. The van der Waals surface area contributed by atoms with E-state index in [0.717, 1.165) is 24.3 Å². The van der Waals surface area contributed by atoms with Gasteiger partial charge in [-0.25, -0.2) is 13.6 Å². The minimum absolute atomic E-state index is 0.0413. The van der Waals surface area contributed by atoms with Crippen molar-refractivity contribution in [2.24, 2.45) is 0 Å². The van der Waals surface area contributed by atoms with Gasteiger partial charge in [0.15, 0.2) is 0 Å². The van der Waals surface area contributed by atoms with Crippen LogP contribution in [0.25, 0.3) is 0 Å². The lowest BCUT2D eigenvalue weighted by atomic mass is 9.94. The molecule has 2 aliphatic heterocycles. The molecule has 194 valence electrons. The number of urea groups is 1. The molecular weight excluding hydrogens is 535 g/mol. The highest BCUT2D eigenvalue weighted by molar-refractivity contribution is 6.31. The van der Waals surface area contributed by atoms with Crippen molar-refractivity contribution in [1.82, 2.24) is 5.32 Å². The Morgan fingerprint density at radius 3 is 2.53 bits per heavy atom. The zero-order valence-electron chi connectivity index (χ0n) is 18.8. The van der Waals surface area contributed by atoms with Crippen LogP contribution in [0.1, 0.15) is 38.7 Å². The standard InChI is InChI=1S/C25H14ClF5N4O3/c26-17-3-1-12(27)7-14(17)21-20-15(22(36)34-21)5-11(9-32)6-18(20)33-23(37)35-10-24(38,25(29,30)31)16-8-13(28)2-4-19(16)35/h1-8,21,38H,10H2,(H,33,37)(H,34,36)/t21-,24-/m0/s1. The molecule has 0 unspecified atom stereocenters. The molecule has 0 aliphatic carbocycles. The van der Waals surface area contributed by atoms with E-state index in [-0.39, 0.29) is 33.0 Å². The van der Waals surface area contributed by atoms with Crippen molar-refractivity contribution in [3.63, 3.8) is 0 Å². The molecule has 3 aromatic carbocycles. The second-order valence-electron chi connectivity index (χ2n) is 8.70. The van der Waals surface area contributed by atoms with Gasteiger partial charge in [0.25, 0.3) is 5.91 Å². The number of carbonyl (C=O) groups excluding carboxylic acids is 2. The molecule has 0 radical (unpaired) electrons. The Morgan fingerprint density at radius 1 is 1.16 bits per heavy atom. The second-order valence-corrected chi connectivity index (χ2v) is 9.11. The Kier molecular flexibility index (Phi) is 5.81. The number of rotatable bonds is 2. The van der Waals surface area contributed by atoms with Gasteiger partial charge in [0.05, 0.1) is 35.6 Å². The SMILES string of the molecule is N#Cc1cc(NC(=O)N2C[C@@](O)(C(F)(F)F)c3cc(F)ccc32)c2c(c1)C(=O)N[C@H]2c1cc(F)ccc1Cl. The molecule has 2 atom stereocenters. The van der Waals surface area contributed by atoms with E-state index >= 15 is 0 Å². The third kappa shape index (κ3) is 3.91. The zero-order chi connectivity index (χ0) is 27.6. The van der Waals surface area contributed by atoms with Crippen molar-refractivity contribution in [2.75, 3.05) is 16.8 Å². The number of nitriles is 1. The smallest absolute Gasteiger partial charge is 0.375 e. The first-order valence-corrected chi connectivity index (χ1v) is 11.2. The number of hydrogen-bond acceptors (Lipinski definition) is 4. The van der Waals surface area contributed by atoms with E-state index in [0.29, 0.717) is 11.0 Å². The molecule has 5 rings (SSSR count). The molecule has 0 fully saturated rings. The Labute approximate surface area is 216 Å². The molecule has 2 aliphatic rings. The Morgan fingerprint density at radius 2 is 1.84 bits per heavy atom. The zero-order valence-corrected chi connectivity index (χ0v) is 19.6. The van der Waals surface area contributed by atoms with E-state index in [1.165, 1.54) is 18.2 Å². The van der Waals surface area contributed by atoms with Crippen molar-refractivity contribution in [3.8, 4) is 6.07 Å². The highest BCUT2D eigenvalue weighted by Crippen LogP contribution is 2.49. The van der Waals surface area contributed by atoms with Crippen LogP contribution >= 0.6 is 11.6 Å².